The molecule has 1 amide bonds. The van der Waals surface area contributed by atoms with E-state index in [2.05, 4.69) is 15.3 Å². The molecule has 0 unspecified atom stereocenters. The maximum atomic E-state index is 12.2. The minimum Gasteiger partial charge on any atom is -0.350 e. The van der Waals surface area contributed by atoms with E-state index in [1.165, 1.54) is 0 Å². The third-order valence-corrected chi connectivity index (χ3v) is 3.37. The highest BCUT2D eigenvalue weighted by atomic mass is 16.1. The molecule has 0 radical (unpaired) electrons. The topological polar surface area (TPSA) is 57.8 Å². The molecule has 2 aromatic heterocycles. The number of para-hydroxylation sites is 1. The number of aromatic amines is 1. The Morgan fingerprint density at radius 3 is 2.85 bits per heavy atom. The zero-order valence-corrected chi connectivity index (χ0v) is 11.2. The number of aryl methyl sites for hydroxylation is 1. The summed E-state index contributed by atoms with van der Waals surface area (Å²) in [6.45, 7) is 2.43. The molecule has 0 bridgehead atoms. The van der Waals surface area contributed by atoms with Crippen molar-refractivity contribution < 1.29 is 4.79 Å². The molecule has 1 aromatic carbocycles. The first-order valence-corrected chi connectivity index (χ1v) is 6.50. The van der Waals surface area contributed by atoms with Gasteiger partial charge in [0.05, 0.1) is 0 Å². The number of rotatable bonds is 3. The van der Waals surface area contributed by atoms with Crippen molar-refractivity contribution in [3.63, 3.8) is 0 Å². The number of hydrogen-bond acceptors (Lipinski definition) is 2. The summed E-state index contributed by atoms with van der Waals surface area (Å²) in [7, 11) is 0. The van der Waals surface area contributed by atoms with Crippen molar-refractivity contribution in [3.05, 3.63) is 65.6 Å². The number of pyridine rings is 1. The van der Waals surface area contributed by atoms with E-state index < -0.39 is 0 Å². The van der Waals surface area contributed by atoms with Crippen LogP contribution in [0, 0.1) is 6.92 Å². The first-order chi connectivity index (χ1) is 9.75. The Bertz CT molecular complexity index is 747. The van der Waals surface area contributed by atoms with Crippen LogP contribution in [0.15, 0.2) is 48.8 Å². The van der Waals surface area contributed by atoms with Crippen LogP contribution in [-0.4, -0.2) is 15.9 Å². The second-order valence-electron chi connectivity index (χ2n) is 4.71. The number of carbonyl (C=O) groups excluding carboxylic acids is 1. The number of benzene rings is 1. The van der Waals surface area contributed by atoms with Gasteiger partial charge in [0.15, 0.2) is 0 Å². The molecule has 4 nitrogen and oxygen atoms in total. The lowest BCUT2D eigenvalue weighted by atomic mass is 10.1. The van der Waals surface area contributed by atoms with Crippen LogP contribution < -0.4 is 5.32 Å². The van der Waals surface area contributed by atoms with Crippen LogP contribution >= 0.6 is 0 Å². The fourth-order valence-electron chi connectivity index (χ4n) is 2.28. The first-order valence-electron chi connectivity index (χ1n) is 6.50. The van der Waals surface area contributed by atoms with Gasteiger partial charge in [0.1, 0.15) is 5.69 Å². The fraction of sp³-hybridized carbons (Fsp3) is 0.125. The van der Waals surface area contributed by atoms with Crippen LogP contribution in [0.4, 0.5) is 0 Å². The van der Waals surface area contributed by atoms with E-state index >= 15 is 0 Å². The summed E-state index contributed by atoms with van der Waals surface area (Å²) in [6, 6.07) is 11.7. The molecule has 100 valence electrons. The van der Waals surface area contributed by atoms with Crippen molar-refractivity contribution in [2.45, 2.75) is 13.5 Å². The van der Waals surface area contributed by atoms with Gasteiger partial charge in [0, 0.05) is 29.8 Å². The van der Waals surface area contributed by atoms with E-state index in [0.29, 0.717) is 12.2 Å². The van der Waals surface area contributed by atoms with Gasteiger partial charge in [-0.15, -0.1) is 0 Å². The van der Waals surface area contributed by atoms with Crippen molar-refractivity contribution in [3.8, 4) is 0 Å². The Labute approximate surface area is 116 Å². The van der Waals surface area contributed by atoms with Crippen molar-refractivity contribution in [1.29, 1.82) is 0 Å². The van der Waals surface area contributed by atoms with Crippen molar-refractivity contribution in [1.82, 2.24) is 15.3 Å². The summed E-state index contributed by atoms with van der Waals surface area (Å²) >= 11 is 0. The molecule has 2 N–H and O–H groups in total. The van der Waals surface area contributed by atoms with Crippen LogP contribution in [0.2, 0.25) is 0 Å². The maximum absolute atomic E-state index is 12.2. The average molecular weight is 265 g/mol. The van der Waals surface area contributed by atoms with Gasteiger partial charge in [-0.3, -0.25) is 9.78 Å². The highest BCUT2D eigenvalue weighted by molar-refractivity contribution is 6.00. The minimum atomic E-state index is -0.0949. The van der Waals surface area contributed by atoms with Gasteiger partial charge in [-0.2, -0.15) is 0 Å². The number of H-pyrrole nitrogens is 1. The maximum Gasteiger partial charge on any atom is 0.268 e. The number of aromatic nitrogens is 2. The Morgan fingerprint density at radius 2 is 2.10 bits per heavy atom. The van der Waals surface area contributed by atoms with Gasteiger partial charge in [0.25, 0.3) is 5.91 Å². The normalized spacial score (nSPS) is 10.7. The Hall–Kier alpha value is -2.62. The number of amides is 1. The first kappa shape index (κ1) is 12.4. The summed E-state index contributed by atoms with van der Waals surface area (Å²) in [5.41, 5.74) is 3.56. The van der Waals surface area contributed by atoms with Crippen LogP contribution in [0.3, 0.4) is 0 Å². The standard InChI is InChI=1S/C16H15N3O/c1-11-13-6-2-3-7-14(13)19-15(11)16(20)18-10-12-5-4-8-17-9-12/h2-9,19H,10H2,1H3,(H,18,20). The van der Waals surface area contributed by atoms with E-state index in [1.54, 1.807) is 12.4 Å². The predicted octanol–water partition coefficient (Wildman–Crippen LogP) is 2.80. The van der Waals surface area contributed by atoms with Gasteiger partial charge in [-0.05, 0) is 30.2 Å². The van der Waals surface area contributed by atoms with Gasteiger partial charge < -0.3 is 10.3 Å². The summed E-state index contributed by atoms with van der Waals surface area (Å²) in [6.07, 6.45) is 3.46. The largest absolute Gasteiger partial charge is 0.350 e. The molecule has 0 aliphatic carbocycles. The van der Waals surface area contributed by atoms with Crippen LogP contribution in [0.25, 0.3) is 10.9 Å². The van der Waals surface area contributed by atoms with E-state index in [0.717, 1.165) is 22.0 Å². The molecule has 0 aliphatic heterocycles. The highest BCUT2D eigenvalue weighted by Gasteiger charge is 2.13. The Kier molecular flexibility index (Phi) is 3.21. The lowest BCUT2D eigenvalue weighted by Crippen LogP contribution is -2.23. The molecule has 0 saturated heterocycles. The van der Waals surface area contributed by atoms with E-state index in [4.69, 9.17) is 0 Å². The lowest BCUT2D eigenvalue weighted by molar-refractivity contribution is 0.0946. The fourth-order valence-corrected chi connectivity index (χ4v) is 2.28. The second-order valence-corrected chi connectivity index (χ2v) is 4.71. The molecule has 0 fully saturated rings. The van der Waals surface area contributed by atoms with Crippen LogP contribution in [0.5, 0.6) is 0 Å². The molecular weight excluding hydrogens is 250 g/mol. The Balaban J connectivity index is 1.81. The molecule has 0 aliphatic rings. The number of nitrogens with zero attached hydrogens (tertiary/aromatic N) is 1. The number of nitrogens with one attached hydrogen (secondary N) is 2. The molecule has 0 saturated carbocycles. The highest BCUT2D eigenvalue weighted by Crippen LogP contribution is 2.21. The Morgan fingerprint density at radius 1 is 1.25 bits per heavy atom. The third-order valence-electron chi connectivity index (χ3n) is 3.37. The third kappa shape index (κ3) is 2.28. The predicted molar refractivity (Wildman–Crippen MR) is 78.4 cm³/mol. The molecule has 2 heterocycles. The van der Waals surface area contributed by atoms with Gasteiger partial charge in [-0.1, -0.05) is 24.3 Å². The quantitative estimate of drug-likeness (QED) is 0.765. The van der Waals surface area contributed by atoms with Gasteiger partial charge in [-0.25, -0.2) is 0 Å². The van der Waals surface area contributed by atoms with Gasteiger partial charge in [0.2, 0.25) is 0 Å². The second kappa shape index (κ2) is 5.17. The molecule has 20 heavy (non-hydrogen) atoms. The molecule has 3 rings (SSSR count). The number of hydrogen-bond donors (Lipinski definition) is 2. The molecule has 3 aromatic rings. The zero-order chi connectivity index (χ0) is 13.9. The number of carbonyl (C=O) groups is 1. The van der Waals surface area contributed by atoms with E-state index in [9.17, 15) is 4.79 Å². The van der Waals surface area contributed by atoms with E-state index in [-0.39, 0.29) is 5.91 Å². The van der Waals surface area contributed by atoms with Crippen LogP contribution in [-0.2, 0) is 6.54 Å². The molecule has 0 atom stereocenters. The summed E-state index contributed by atoms with van der Waals surface area (Å²) in [5, 5.41) is 3.99. The smallest absolute Gasteiger partial charge is 0.268 e. The molecular formula is C16H15N3O. The lowest BCUT2D eigenvalue weighted by Gasteiger charge is -2.04. The zero-order valence-electron chi connectivity index (χ0n) is 11.2. The summed E-state index contributed by atoms with van der Waals surface area (Å²) in [5.74, 6) is -0.0949. The monoisotopic (exact) mass is 265 g/mol. The van der Waals surface area contributed by atoms with Crippen molar-refractivity contribution in [2.24, 2.45) is 0 Å². The SMILES string of the molecule is Cc1c(C(=O)NCc2cccnc2)[nH]c2ccccc12. The van der Waals surface area contributed by atoms with Crippen molar-refractivity contribution in [2.75, 3.05) is 0 Å². The molecule has 4 heteroatoms. The molecule has 0 spiro atoms. The average Bonchev–Trinajstić information content (AvgIpc) is 2.84. The summed E-state index contributed by atoms with van der Waals surface area (Å²) in [4.78, 5) is 19.4. The van der Waals surface area contributed by atoms with Crippen LogP contribution in [0.1, 0.15) is 21.6 Å². The minimum absolute atomic E-state index is 0.0949. The van der Waals surface area contributed by atoms with Crippen molar-refractivity contribution >= 4 is 16.8 Å². The number of fused-ring (bicyclic) bond motifs is 1. The summed E-state index contributed by atoms with van der Waals surface area (Å²) < 4.78 is 0. The van der Waals surface area contributed by atoms with Gasteiger partial charge >= 0.3 is 0 Å². The van der Waals surface area contributed by atoms with E-state index in [1.807, 2.05) is 43.3 Å².